The van der Waals surface area contributed by atoms with Gasteiger partial charge < -0.3 is 4.74 Å². The Balaban J connectivity index is 2.02. The maximum Gasteiger partial charge on any atom is 0.121 e. The highest BCUT2D eigenvalue weighted by molar-refractivity contribution is 4.94. The normalized spacial score (nSPS) is 48.3. The van der Waals surface area contributed by atoms with Crippen LogP contribution in [0, 0.1) is 0 Å². The van der Waals surface area contributed by atoms with Crippen molar-refractivity contribution in [1.29, 1.82) is 0 Å². The second kappa shape index (κ2) is 1.70. The number of fused-ring (bicyclic) bond motifs is 2. The predicted octanol–water partition coefficient (Wildman–Crippen LogP) is 0.875. The zero-order valence-electron chi connectivity index (χ0n) is 5.81. The first-order valence-electron chi connectivity index (χ1n) is 3.71. The molecule has 0 spiro atoms. The fourth-order valence-corrected chi connectivity index (χ4v) is 1.90. The molecule has 1 aliphatic carbocycles. The molecule has 3 fully saturated rings. The van der Waals surface area contributed by atoms with Gasteiger partial charge in [-0.15, -0.1) is 0 Å². The fourth-order valence-electron chi connectivity index (χ4n) is 1.90. The lowest BCUT2D eigenvalue weighted by atomic mass is 9.83. The second-order valence-corrected chi connectivity index (χ2v) is 3.08. The molecule has 0 amide bonds. The molecular formula is C7H13NO. The summed E-state index contributed by atoms with van der Waals surface area (Å²) in [5.74, 6) is 0. The standard InChI is InChI=1S/C7H13NO/c1-8-7-4-2-3-6(5-7)9-7/h6,8H,2-5H2,1H3/t6-,7?/m1/s1. The highest BCUT2D eigenvalue weighted by Crippen LogP contribution is 2.41. The maximum absolute atomic E-state index is 5.60. The van der Waals surface area contributed by atoms with Gasteiger partial charge in [-0.25, -0.2) is 0 Å². The summed E-state index contributed by atoms with van der Waals surface area (Å²) in [7, 11) is 1.99. The third-order valence-corrected chi connectivity index (χ3v) is 2.51. The van der Waals surface area contributed by atoms with E-state index in [2.05, 4.69) is 5.32 Å². The Morgan fingerprint density at radius 1 is 1.67 bits per heavy atom. The van der Waals surface area contributed by atoms with E-state index in [1.54, 1.807) is 0 Å². The van der Waals surface area contributed by atoms with Crippen LogP contribution in [0.25, 0.3) is 0 Å². The minimum atomic E-state index is 0.114. The molecule has 9 heavy (non-hydrogen) atoms. The number of nitrogens with one attached hydrogen (secondary N) is 1. The molecule has 52 valence electrons. The molecular weight excluding hydrogens is 114 g/mol. The molecule has 0 aromatic heterocycles. The van der Waals surface area contributed by atoms with Crippen molar-refractivity contribution in [3.05, 3.63) is 0 Å². The number of hydrogen-bond acceptors (Lipinski definition) is 2. The molecule has 2 nitrogen and oxygen atoms in total. The molecule has 1 N–H and O–H groups in total. The van der Waals surface area contributed by atoms with Gasteiger partial charge in [0.15, 0.2) is 0 Å². The Morgan fingerprint density at radius 3 is 2.78 bits per heavy atom. The largest absolute Gasteiger partial charge is 0.357 e. The van der Waals surface area contributed by atoms with Crippen LogP contribution in [0.15, 0.2) is 0 Å². The van der Waals surface area contributed by atoms with Crippen LogP contribution >= 0.6 is 0 Å². The molecule has 0 radical (unpaired) electrons. The van der Waals surface area contributed by atoms with Gasteiger partial charge in [-0.05, 0) is 26.3 Å². The molecule has 2 aliphatic heterocycles. The molecule has 2 bridgehead atoms. The number of ether oxygens (including phenoxy) is 1. The monoisotopic (exact) mass is 127 g/mol. The predicted molar refractivity (Wildman–Crippen MR) is 35.1 cm³/mol. The van der Waals surface area contributed by atoms with Crippen LogP contribution in [-0.2, 0) is 4.74 Å². The Kier molecular flexibility index (Phi) is 1.08. The minimum Gasteiger partial charge on any atom is -0.357 e. The van der Waals surface area contributed by atoms with Crippen molar-refractivity contribution in [3.8, 4) is 0 Å². The molecule has 2 heteroatoms. The molecule has 2 heterocycles. The zero-order valence-corrected chi connectivity index (χ0v) is 5.81. The summed E-state index contributed by atoms with van der Waals surface area (Å²) in [5.41, 5.74) is 0.114. The van der Waals surface area contributed by atoms with Gasteiger partial charge in [-0.1, -0.05) is 0 Å². The van der Waals surface area contributed by atoms with Crippen LogP contribution in [0.3, 0.4) is 0 Å². The molecule has 3 rings (SSSR count). The number of rotatable bonds is 1. The van der Waals surface area contributed by atoms with Crippen LogP contribution in [-0.4, -0.2) is 18.9 Å². The van der Waals surface area contributed by atoms with Gasteiger partial charge in [-0.2, -0.15) is 0 Å². The minimum absolute atomic E-state index is 0.114. The highest BCUT2D eigenvalue weighted by atomic mass is 16.6. The third kappa shape index (κ3) is 0.700. The molecule has 3 aliphatic rings. The van der Waals surface area contributed by atoms with Crippen LogP contribution in [0.5, 0.6) is 0 Å². The van der Waals surface area contributed by atoms with Gasteiger partial charge in [0.2, 0.25) is 0 Å². The maximum atomic E-state index is 5.60. The van der Waals surface area contributed by atoms with Crippen LogP contribution < -0.4 is 5.32 Å². The Labute approximate surface area is 55.6 Å². The van der Waals surface area contributed by atoms with Crippen molar-refractivity contribution in [3.63, 3.8) is 0 Å². The topological polar surface area (TPSA) is 21.3 Å². The third-order valence-electron chi connectivity index (χ3n) is 2.51. The van der Waals surface area contributed by atoms with E-state index in [0.717, 1.165) is 0 Å². The molecule has 2 saturated heterocycles. The van der Waals surface area contributed by atoms with E-state index in [1.807, 2.05) is 7.05 Å². The first kappa shape index (κ1) is 5.69. The fraction of sp³-hybridized carbons (Fsp3) is 1.00. The molecule has 0 aromatic rings. The Hall–Kier alpha value is -0.0800. The smallest absolute Gasteiger partial charge is 0.121 e. The van der Waals surface area contributed by atoms with E-state index in [-0.39, 0.29) is 5.72 Å². The average Bonchev–Trinajstić information content (AvgIpc) is 1.88. The van der Waals surface area contributed by atoms with E-state index in [9.17, 15) is 0 Å². The van der Waals surface area contributed by atoms with Crippen molar-refractivity contribution < 1.29 is 4.74 Å². The molecule has 1 unspecified atom stereocenters. The first-order chi connectivity index (χ1) is 4.35. The summed E-state index contributed by atoms with van der Waals surface area (Å²) in [6, 6.07) is 0. The van der Waals surface area contributed by atoms with Crippen LogP contribution in [0.2, 0.25) is 0 Å². The van der Waals surface area contributed by atoms with Crippen molar-refractivity contribution in [2.75, 3.05) is 7.05 Å². The number of hydrogen-bond donors (Lipinski definition) is 1. The van der Waals surface area contributed by atoms with Crippen LogP contribution in [0.4, 0.5) is 0 Å². The van der Waals surface area contributed by atoms with Gasteiger partial charge in [0.25, 0.3) is 0 Å². The van der Waals surface area contributed by atoms with E-state index >= 15 is 0 Å². The second-order valence-electron chi connectivity index (χ2n) is 3.08. The molecule has 2 atom stereocenters. The SMILES string of the molecule is CNC12CCC[C@H](C1)O2. The highest BCUT2D eigenvalue weighted by Gasteiger charge is 2.47. The lowest BCUT2D eigenvalue weighted by Crippen LogP contribution is -2.61. The van der Waals surface area contributed by atoms with Gasteiger partial charge in [0.05, 0.1) is 6.10 Å². The summed E-state index contributed by atoms with van der Waals surface area (Å²) >= 11 is 0. The average molecular weight is 127 g/mol. The quantitative estimate of drug-likeness (QED) is 0.564. The Bertz CT molecular complexity index is 113. The van der Waals surface area contributed by atoms with Crippen molar-refractivity contribution in [2.24, 2.45) is 0 Å². The van der Waals surface area contributed by atoms with Crippen molar-refractivity contribution in [2.45, 2.75) is 37.5 Å². The summed E-state index contributed by atoms with van der Waals surface area (Å²) < 4.78 is 5.60. The summed E-state index contributed by atoms with van der Waals surface area (Å²) in [4.78, 5) is 0. The van der Waals surface area contributed by atoms with Gasteiger partial charge in [0, 0.05) is 6.42 Å². The van der Waals surface area contributed by atoms with E-state index < -0.39 is 0 Å². The van der Waals surface area contributed by atoms with E-state index in [1.165, 1.54) is 25.7 Å². The molecule has 1 saturated carbocycles. The van der Waals surface area contributed by atoms with E-state index in [4.69, 9.17) is 4.74 Å². The first-order valence-corrected chi connectivity index (χ1v) is 3.71. The lowest BCUT2D eigenvalue weighted by Gasteiger charge is -2.52. The lowest BCUT2D eigenvalue weighted by molar-refractivity contribution is -0.249. The zero-order chi connectivity index (χ0) is 6.32. The van der Waals surface area contributed by atoms with Gasteiger partial charge >= 0.3 is 0 Å². The van der Waals surface area contributed by atoms with Gasteiger partial charge in [-0.3, -0.25) is 5.32 Å². The summed E-state index contributed by atoms with van der Waals surface area (Å²) in [6.45, 7) is 0. The van der Waals surface area contributed by atoms with Crippen molar-refractivity contribution >= 4 is 0 Å². The van der Waals surface area contributed by atoms with E-state index in [0.29, 0.717) is 6.10 Å². The summed E-state index contributed by atoms with van der Waals surface area (Å²) in [5, 5.41) is 3.22. The van der Waals surface area contributed by atoms with Gasteiger partial charge in [0.1, 0.15) is 5.72 Å². The summed E-state index contributed by atoms with van der Waals surface area (Å²) in [6.07, 6.45) is 5.66. The van der Waals surface area contributed by atoms with Crippen LogP contribution in [0.1, 0.15) is 25.7 Å². The van der Waals surface area contributed by atoms with Crippen molar-refractivity contribution in [1.82, 2.24) is 5.32 Å². The Morgan fingerprint density at radius 2 is 2.44 bits per heavy atom. The molecule has 0 aromatic carbocycles.